The van der Waals surface area contributed by atoms with E-state index in [1.54, 1.807) is 4.90 Å². The molecule has 1 saturated heterocycles. The number of anilines is 1. The summed E-state index contributed by atoms with van der Waals surface area (Å²) in [6.07, 6.45) is 1.67. The van der Waals surface area contributed by atoms with Crippen molar-refractivity contribution in [3.8, 4) is 0 Å². The van der Waals surface area contributed by atoms with Crippen LogP contribution in [0.5, 0.6) is 0 Å². The Morgan fingerprint density at radius 3 is 2.28 bits per heavy atom. The van der Waals surface area contributed by atoms with Crippen LogP contribution in [0.25, 0.3) is 0 Å². The van der Waals surface area contributed by atoms with Gasteiger partial charge in [-0.1, -0.05) is 62.4 Å². The lowest BCUT2D eigenvalue weighted by atomic mass is 9.96. The van der Waals surface area contributed by atoms with Gasteiger partial charge in [-0.05, 0) is 43.6 Å². The summed E-state index contributed by atoms with van der Waals surface area (Å²) in [5.74, 6) is -0.0103. The van der Waals surface area contributed by atoms with Crippen LogP contribution < -0.4 is 5.32 Å². The van der Waals surface area contributed by atoms with E-state index in [1.165, 1.54) is 0 Å². The first-order valence-corrected chi connectivity index (χ1v) is 11.8. The van der Waals surface area contributed by atoms with E-state index in [9.17, 15) is 9.59 Å². The predicted octanol–water partition coefficient (Wildman–Crippen LogP) is 4.30. The summed E-state index contributed by atoms with van der Waals surface area (Å²) < 4.78 is 0. The van der Waals surface area contributed by atoms with Gasteiger partial charge in [0.2, 0.25) is 5.91 Å². The van der Waals surface area contributed by atoms with Crippen LogP contribution in [-0.2, 0) is 11.3 Å². The van der Waals surface area contributed by atoms with E-state index in [4.69, 9.17) is 0 Å². The maximum absolute atomic E-state index is 13.6. The number of nitrogens with one attached hydrogen (secondary N) is 1. The zero-order chi connectivity index (χ0) is 22.8. The average Bonchev–Trinajstić information content (AvgIpc) is 2.84. The molecule has 3 rings (SSSR count). The number of hydrogen-bond acceptors (Lipinski definition) is 3. The number of para-hydroxylation sites is 1. The normalized spacial score (nSPS) is 16.1. The number of urea groups is 1. The number of likely N-dealkylation sites (N-methyl/N-ethyl adjacent to an activating group) is 1. The van der Waals surface area contributed by atoms with Crippen LogP contribution >= 0.6 is 0 Å². The summed E-state index contributed by atoms with van der Waals surface area (Å²) >= 11 is 0. The van der Waals surface area contributed by atoms with Crippen molar-refractivity contribution in [2.75, 3.05) is 44.6 Å². The Balaban J connectivity index is 1.66. The topological polar surface area (TPSA) is 55.9 Å². The number of rotatable bonds is 9. The maximum Gasteiger partial charge on any atom is 0.321 e. The number of nitrogens with zero attached hydrogens (tertiary/aromatic N) is 3. The van der Waals surface area contributed by atoms with Gasteiger partial charge in [0.05, 0.1) is 5.92 Å². The van der Waals surface area contributed by atoms with Crippen LogP contribution in [0.3, 0.4) is 0 Å². The predicted molar refractivity (Wildman–Crippen MR) is 129 cm³/mol. The van der Waals surface area contributed by atoms with Crippen LogP contribution in [0.2, 0.25) is 0 Å². The number of carbonyl (C=O) groups is 2. The number of hydrogen-bond donors (Lipinski definition) is 1. The first kappa shape index (κ1) is 23.8. The van der Waals surface area contributed by atoms with Crippen molar-refractivity contribution >= 4 is 17.6 Å². The van der Waals surface area contributed by atoms with Gasteiger partial charge < -0.3 is 20.0 Å². The first-order valence-electron chi connectivity index (χ1n) is 11.8. The van der Waals surface area contributed by atoms with E-state index in [0.717, 1.165) is 43.7 Å². The van der Waals surface area contributed by atoms with Crippen molar-refractivity contribution in [3.05, 3.63) is 66.2 Å². The number of carbonyl (C=O) groups excluding carboxylic acids is 2. The van der Waals surface area contributed by atoms with Crippen molar-refractivity contribution in [3.63, 3.8) is 0 Å². The molecule has 0 saturated carbocycles. The molecule has 32 heavy (non-hydrogen) atoms. The zero-order valence-electron chi connectivity index (χ0n) is 19.4. The molecule has 1 N–H and O–H groups in total. The molecule has 0 spiro atoms. The Morgan fingerprint density at radius 2 is 1.62 bits per heavy atom. The minimum absolute atomic E-state index is 0.133. The Kier molecular flexibility index (Phi) is 9.11. The van der Waals surface area contributed by atoms with Crippen LogP contribution in [0, 0.1) is 5.92 Å². The summed E-state index contributed by atoms with van der Waals surface area (Å²) in [5, 5.41) is 2.95. The van der Waals surface area contributed by atoms with E-state index < -0.39 is 0 Å². The molecule has 172 valence electrons. The largest absolute Gasteiger partial charge is 0.337 e. The van der Waals surface area contributed by atoms with Gasteiger partial charge in [0.1, 0.15) is 0 Å². The van der Waals surface area contributed by atoms with Crippen molar-refractivity contribution in [1.82, 2.24) is 14.7 Å². The second-order valence-electron chi connectivity index (χ2n) is 8.35. The minimum atomic E-state index is -0.161. The summed E-state index contributed by atoms with van der Waals surface area (Å²) in [4.78, 5) is 32.4. The highest BCUT2D eigenvalue weighted by molar-refractivity contribution is 5.90. The third kappa shape index (κ3) is 6.82. The molecular formula is C26H36N4O2. The van der Waals surface area contributed by atoms with Crippen LogP contribution in [-0.4, -0.2) is 65.9 Å². The molecule has 1 atom stereocenters. The second kappa shape index (κ2) is 12.2. The standard InChI is InChI=1S/C26H36N4O2/c1-3-28(4-2)18-19-29(20-22-12-7-5-8-13-22)25(31)23-14-11-17-30(21-23)26(32)27-24-15-9-6-10-16-24/h5-10,12-13,15-16,23H,3-4,11,14,17-21H2,1-2H3,(H,27,32). The van der Waals surface area contributed by atoms with Crippen LogP contribution in [0.4, 0.5) is 10.5 Å². The SMILES string of the molecule is CCN(CC)CCN(Cc1ccccc1)C(=O)C1CCCN(C(=O)Nc2ccccc2)C1. The van der Waals surface area contributed by atoms with E-state index >= 15 is 0 Å². The molecule has 0 radical (unpaired) electrons. The molecule has 1 aliphatic heterocycles. The highest BCUT2D eigenvalue weighted by Gasteiger charge is 2.31. The number of amides is 3. The van der Waals surface area contributed by atoms with Crippen molar-refractivity contribution < 1.29 is 9.59 Å². The lowest BCUT2D eigenvalue weighted by Crippen LogP contribution is -2.49. The molecule has 3 amide bonds. The van der Waals surface area contributed by atoms with Gasteiger partial charge in [-0.15, -0.1) is 0 Å². The highest BCUT2D eigenvalue weighted by Crippen LogP contribution is 2.21. The smallest absolute Gasteiger partial charge is 0.321 e. The molecule has 1 fully saturated rings. The van der Waals surface area contributed by atoms with Gasteiger partial charge in [-0.3, -0.25) is 4.79 Å². The average molecular weight is 437 g/mol. The third-order valence-corrected chi connectivity index (χ3v) is 6.19. The van der Waals surface area contributed by atoms with Crippen LogP contribution in [0.1, 0.15) is 32.3 Å². The summed E-state index contributed by atoms with van der Waals surface area (Å²) in [7, 11) is 0. The molecule has 6 heteroatoms. The van der Waals surface area contributed by atoms with Gasteiger partial charge in [0, 0.05) is 38.4 Å². The van der Waals surface area contributed by atoms with Crippen molar-refractivity contribution in [2.24, 2.45) is 5.92 Å². The maximum atomic E-state index is 13.6. The van der Waals surface area contributed by atoms with Crippen molar-refractivity contribution in [2.45, 2.75) is 33.2 Å². The quantitative estimate of drug-likeness (QED) is 0.638. The molecule has 1 aliphatic rings. The number of benzene rings is 2. The number of likely N-dealkylation sites (tertiary alicyclic amines) is 1. The van der Waals surface area contributed by atoms with Gasteiger partial charge in [-0.2, -0.15) is 0 Å². The third-order valence-electron chi connectivity index (χ3n) is 6.19. The van der Waals surface area contributed by atoms with Gasteiger partial charge in [0.15, 0.2) is 0 Å². The second-order valence-corrected chi connectivity index (χ2v) is 8.35. The first-order chi connectivity index (χ1) is 15.6. The Hall–Kier alpha value is -2.86. The fraction of sp³-hybridized carbons (Fsp3) is 0.462. The Labute approximate surface area is 192 Å². The molecule has 0 bridgehead atoms. The van der Waals surface area contributed by atoms with Gasteiger partial charge >= 0.3 is 6.03 Å². The molecule has 1 heterocycles. The minimum Gasteiger partial charge on any atom is -0.337 e. The van der Waals surface area contributed by atoms with Gasteiger partial charge in [0.25, 0.3) is 0 Å². The van der Waals surface area contributed by atoms with Gasteiger partial charge in [-0.25, -0.2) is 4.79 Å². The monoisotopic (exact) mass is 436 g/mol. The molecule has 0 aliphatic carbocycles. The summed E-state index contributed by atoms with van der Waals surface area (Å²) in [5.41, 5.74) is 1.91. The van der Waals surface area contributed by atoms with Crippen LogP contribution in [0.15, 0.2) is 60.7 Å². The molecule has 2 aromatic rings. The Bertz CT molecular complexity index is 839. The highest BCUT2D eigenvalue weighted by atomic mass is 16.2. The molecule has 0 aromatic heterocycles. The fourth-order valence-electron chi connectivity index (χ4n) is 4.22. The summed E-state index contributed by atoms with van der Waals surface area (Å²) in [6.45, 7) is 9.55. The van der Waals surface area contributed by atoms with E-state index in [1.807, 2.05) is 53.4 Å². The number of piperidine rings is 1. The van der Waals surface area contributed by atoms with E-state index in [2.05, 4.69) is 36.2 Å². The van der Waals surface area contributed by atoms with E-state index in [-0.39, 0.29) is 17.9 Å². The summed E-state index contributed by atoms with van der Waals surface area (Å²) in [6, 6.07) is 19.5. The lowest BCUT2D eigenvalue weighted by molar-refractivity contribution is -0.137. The van der Waals surface area contributed by atoms with Crippen molar-refractivity contribution in [1.29, 1.82) is 0 Å². The molecule has 6 nitrogen and oxygen atoms in total. The lowest BCUT2D eigenvalue weighted by Gasteiger charge is -2.35. The molecule has 1 unspecified atom stereocenters. The molecular weight excluding hydrogens is 400 g/mol. The van der Waals surface area contributed by atoms with E-state index in [0.29, 0.717) is 26.2 Å². The fourth-order valence-corrected chi connectivity index (χ4v) is 4.22. The molecule has 2 aromatic carbocycles. The Morgan fingerprint density at radius 1 is 0.969 bits per heavy atom. The zero-order valence-corrected chi connectivity index (χ0v) is 19.4.